The van der Waals surface area contributed by atoms with E-state index in [1.165, 1.54) is 0 Å². The van der Waals surface area contributed by atoms with Crippen LogP contribution in [0, 0.1) is 0 Å². The van der Waals surface area contributed by atoms with Crippen LogP contribution >= 0.6 is 23.2 Å². The Morgan fingerprint density at radius 1 is 1.11 bits per heavy atom. The number of anilines is 1. The highest BCUT2D eigenvalue weighted by atomic mass is 35.5. The van der Waals surface area contributed by atoms with Crippen molar-refractivity contribution in [2.24, 2.45) is 5.73 Å². The molecule has 98 valence electrons. The Hall–Kier alpha value is -1.71. The number of amides is 1. The molecule has 19 heavy (non-hydrogen) atoms. The molecule has 0 saturated heterocycles. The quantitative estimate of drug-likeness (QED) is 0.903. The SMILES string of the molecule is NC(=O)c1ccc(NCc2cccc(Cl)c2Cl)cc1. The lowest BCUT2D eigenvalue weighted by molar-refractivity contribution is 0.100. The van der Waals surface area contributed by atoms with Crippen molar-refractivity contribution in [3.05, 3.63) is 63.6 Å². The van der Waals surface area contributed by atoms with Gasteiger partial charge in [-0.25, -0.2) is 0 Å². The average Bonchev–Trinajstić information content (AvgIpc) is 2.41. The van der Waals surface area contributed by atoms with Gasteiger partial charge in [-0.15, -0.1) is 0 Å². The molecule has 2 aromatic carbocycles. The van der Waals surface area contributed by atoms with Gasteiger partial charge in [0, 0.05) is 17.8 Å². The Kier molecular flexibility index (Phi) is 4.30. The van der Waals surface area contributed by atoms with Crippen LogP contribution in [-0.2, 0) is 6.54 Å². The molecule has 0 radical (unpaired) electrons. The number of carbonyl (C=O) groups is 1. The highest BCUT2D eigenvalue weighted by Gasteiger charge is 2.04. The zero-order chi connectivity index (χ0) is 13.8. The predicted molar refractivity (Wildman–Crippen MR) is 78.7 cm³/mol. The zero-order valence-corrected chi connectivity index (χ0v) is 11.5. The largest absolute Gasteiger partial charge is 0.381 e. The van der Waals surface area contributed by atoms with Crippen LogP contribution in [0.1, 0.15) is 15.9 Å². The molecule has 2 aromatic rings. The summed E-state index contributed by atoms with van der Waals surface area (Å²) in [6.07, 6.45) is 0. The summed E-state index contributed by atoms with van der Waals surface area (Å²) in [6.45, 7) is 0.551. The van der Waals surface area contributed by atoms with Crippen LogP contribution in [0.2, 0.25) is 10.0 Å². The van der Waals surface area contributed by atoms with Crippen LogP contribution in [0.4, 0.5) is 5.69 Å². The first kappa shape index (κ1) is 13.7. The Bertz CT molecular complexity index is 597. The second kappa shape index (κ2) is 5.95. The molecule has 3 nitrogen and oxygen atoms in total. The van der Waals surface area contributed by atoms with Gasteiger partial charge in [-0.05, 0) is 35.9 Å². The zero-order valence-electron chi connectivity index (χ0n) is 9.99. The summed E-state index contributed by atoms with van der Waals surface area (Å²) in [7, 11) is 0. The summed E-state index contributed by atoms with van der Waals surface area (Å²) in [5, 5.41) is 4.28. The number of benzene rings is 2. The first-order valence-electron chi connectivity index (χ1n) is 5.64. The van der Waals surface area contributed by atoms with E-state index in [1.54, 1.807) is 30.3 Å². The maximum atomic E-state index is 10.9. The van der Waals surface area contributed by atoms with Gasteiger partial charge in [-0.1, -0.05) is 35.3 Å². The molecule has 0 saturated carbocycles. The van der Waals surface area contributed by atoms with E-state index < -0.39 is 5.91 Å². The van der Waals surface area contributed by atoms with Crippen molar-refractivity contribution in [3.8, 4) is 0 Å². The Labute approximate surface area is 121 Å². The van der Waals surface area contributed by atoms with Crippen LogP contribution in [0.3, 0.4) is 0 Å². The number of nitrogens with two attached hydrogens (primary N) is 1. The maximum Gasteiger partial charge on any atom is 0.248 e. The van der Waals surface area contributed by atoms with Crippen LogP contribution < -0.4 is 11.1 Å². The van der Waals surface area contributed by atoms with Crippen LogP contribution in [0.15, 0.2) is 42.5 Å². The molecule has 0 aliphatic heterocycles. The molecule has 0 aromatic heterocycles. The van der Waals surface area contributed by atoms with E-state index in [9.17, 15) is 4.79 Å². The number of halogens is 2. The topological polar surface area (TPSA) is 55.1 Å². The molecule has 5 heteroatoms. The molecule has 0 atom stereocenters. The fourth-order valence-electron chi connectivity index (χ4n) is 1.63. The van der Waals surface area contributed by atoms with Gasteiger partial charge in [0.05, 0.1) is 10.0 Å². The minimum atomic E-state index is -0.440. The van der Waals surface area contributed by atoms with Crippen molar-refractivity contribution in [1.29, 1.82) is 0 Å². The van der Waals surface area contributed by atoms with E-state index in [0.717, 1.165) is 11.3 Å². The van der Waals surface area contributed by atoms with Gasteiger partial charge in [0.15, 0.2) is 0 Å². The number of hydrogen-bond acceptors (Lipinski definition) is 2. The lowest BCUT2D eigenvalue weighted by Gasteiger charge is -2.09. The van der Waals surface area contributed by atoms with E-state index in [4.69, 9.17) is 28.9 Å². The van der Waals surface area contributed by atoms with E-state index in [-0.39, 0.29) is 0 Å². The van der Waals surface area contributed by atoms with Crippen molar-refractivity contribution in [3.63, 3.8) is 0 Å². The summed E-state index contributed by atoms with van der Waals surface area (Å²) in [6, 6.07) is 12.4. The van der Waals surface area contributed by atoms with Gasteiger partial charge >= 0.3 is 0 Å². The Balaban J connectivity index is 2.06. The summed E-state index contributed by atoms with van der Waals surface area (Å²) >= 11 is 12.0. The van der Waals surface area contributed by atoms with Crippen molar-refractivity contribution in [2.45, 2.75) is 6.54 Å². The van der Waals surface area contributed by atoms with Gasteiger partial charge in [0.2, 0.25) is 5.91 Å². The van der Waals surface area contributed by atoms with Crippen molar-refractivity contribution in [1.82, 2.24) is 0 Å². The molecular weight excluding hydrogens is 283 g/mol. The van der Waals surface area contributed by atoms with Gasteiger partial charge in [0.1, 0.15) is 0 Å². The smallest absolute Gasteiger partial charge is 0.248 e. The van der Waals surface area contributed by atoms with Crippen molar-refractivity contribution >= 4 is 34.8 Å². The van der Waals surface area contributed by atoms with Gasteiger partial charge in [0.25, 0.3) is 0 Å². The molecule has 0 aliphatic carbocycles. The lowest BCUT2D eigenvalue weighted by Crippen LogP contribution is -2.10. The molecule has 1 amide bonds. The molecule has 0 aliphatic rings. The normalized spacial score (nSPS) is 10.2. The number of carbonyl (C=O) groups excluding carboxylic acids is 1. The number of primary amides is 1. The monoisotopic (exact) mass is 294 g/mol. The molecule has 0 bridgehead atoms. The van der Waals surface area contributed by atoms with E-state index >= 15 is 0 Å². The Morgan fingerprint density at radius 2 is 1.79 bits per heavy atom. The average molecular weight is 295 g/mol. The van der Waals surface area contributed by atoms with Gasteiger partial charge < -0.3 is 11.1 Å². The standard InChI is InChI=1S/C14H12Cl2N2O/c15-12-3-1-2-10(13(12)16)8-18-11-6-4-9(5-7-11)14(17)19/h1-7,18H,8H2,(H2,17,19). The maximum absolute atomic E-state index is 10.9. The lowest BCUT2D eigenvalue weighted by atomic mass is 10.2. The van der Waals surface area contributed by atoms with Gasteiger partial charge in [-0.2, -0.15) is 0 Å². The highest BCUT2D eigenvalue weighted by Crippen LogP contribution is 2.26. The minimum absolute atomic E-state index is 0.440. The number of nitrogens with one attached hydrogen (secondary N) is 1. The molecule has 0 unspecified atom stereocenters. The summed E-state index contributed by atoms with van der Waals surface area (Å²) in [5.74, 6) is -0.440. The highest BCUT2D eigenvalue weighted by molar-refractivity contribution is 6.42. The van der Waals surface area contributed by atoms with Crippen molar-refractivity contribution in [2.75, 3.05) is 5.32 Å². The third-order valence-electron chi connectivity index (χ3n) is 2.68. The number of rotatable bonds is 4. The predicted octanol–water partition coefficient (Wildman–Crippen LogP) is 3.70. The number of hydrogen-bond donors (Lipinski definition) is 2. The molecule has 0 fully saturated rings. The van der Waals surface area contributed by atoms with Crippen LogP contribution in [0.5, 0.6) is 0 Å². The first-order valence-corrected chi connectivity index (χ1v) is 6.40. The van der Waals surface area contributed by atoms with Crippen LogP contribution in [0.25, 0.3) is 0 Å². The fraction of sp³-hybridized carbons (Fsp3) is 0.0714. The van der Waals surface area contributed by atoms with Gasteiger partial charge in [-0.3, -0.25) is 4.79 Å². The van der Waals surface area contributed by atoms with E-state index in [2.05, 4.69) is 5.32 Å². The fourth-order valence-corrected chi connectivity index (χ4v) is 2.02. The van der Waals surface area contributed by atoms with Crippen molar-refractivity contribution < 1.29 is 4.79 Å². The van der Waals surface area contributed by atoms with E-state index in [0.29, 0.717) is 22.2 Å². The third kappa shape index (κ3) is 3.40. The summed E-state index contributed by atoms with van der Waals surface area (Å²) in [5.41, 5.74) is 7.44. The molecule has 2 rings (SSSR count). The summed E-state index contributed by atoms with van der Waals surface area (Å²) < 4.78 is 0. The third-order valence-corrected chi connectivity index (χ3v) is 3.54. The second-order valence-electron chi connectivity index (χ2n) is 4.01. The second-order valence-corrected chi connectivity index (χ2v) is 4.79. The molecule has 0 spiro atoms. The molecular formula is C14H12Cl2N2O. The Morgan fingerprint density at radius 3 is 2.42 bits per heavy atom. The van der Waals surface area contributed by atoms with Crippen LogP contribution in [-0.4, -0.2) is 5.91 Å². The minimum Gasteiger partial charge on any atom is -0.381 e. The molecule has 0 heterocycles. The van der Waals surface area contributed by atoms with E-state index in [1.807, 2.05) is 12.1 Å². The first-order chi connectivity index (χ1) is 9.08. The molecule has 3 N–H and O–H groups in total. The summed E-state index contributed by atoms with van der Waals surface area (Å²) in [4.78, 5) is 10.9.